The van der Waals surface area contributed by atoms with E-state index in [0.717, 1.165) is 12.0 Å². The summed E-state index contributed by atoms with van der Waals surface area (Å²) in [6, 6.07) is 9.78. The lowest BCUT2D eigenvalue weighted by Gasteiger charge is -2.14. The number of ether oxygens (including phenoxy) is 1. The lowest BCUT2D eigenvalue weighted by atomic mass is 10.1. The van der Waals surface area contributed by atoms with Gasteiger partial charge >= 0.3 is 5.97 Å². The Morgan fingerprint density at radius 1 is 1.27 bits per heavy atom. The minimum Gasteiger partial charge on any atom is -0.458 e. The van der Waals surface area contributed by atoms with Crippen LogP contribution >= 0.6 is 0 Å². The molecule has 0 unspecified atom stereocenters. The van der Waals surface area contributed by atoms with E-state index in [9.17, 15) is 4.79 Å². The molecule has 1 rings (SSSR count). The predicted molar refractivity (Wildman–Crippen MR) is 62.6 cm³/mol. The second kappa shape index (κ2) is 8.04. The second-order valence-electron chi connectivity index (χ2n) is 2.92. The van der Waals surface area contributed by atoms with Crippen molar-refractivity contribution in [2.75, 3.05) is 0 Å². The van der Waals surface area contributed by atoms with Crippen LogP contribution in [0.1, 0.15) is 45.8 Å². The number of carbonyl (C=O) groups excluding carboxylic acids is 1. The molecule has 0 spiro atoms. The summed E-state index contributed by atoms with van der Waals surface area (Å²) >= 11 is 0. The average Bonchev–Trinajstić information content (AvgIpc) is 2.29. The highest BCUT2D eigenvalue weighted by atomic mass is 16.5. The monoisotopic (exact) mass is 208 g/mol. The maximum atomic E-state index is 10.8. The molecule has 0 aliphatic carbocycles. The van der Waals surface area contributed by atoms with E-state index < -0.39 is 0 Å². The third kappa shape index (κ3) is 5.21. The van der Waals surface area contributed by atoms with Gasteiger partial charge in [-0.1, -0.05) is 51.1 Å². The number of rotatable bonds is 3. The first kappa shape index (κ1) is 13.7. The molecule has 0 amide bonds. The fourth-order valence-corrected chi connectivity index (χ4v) is 1.26. The number of hydrogen-bond donors (Lipinski definition) is 0. The van der Waals surface area contributed by atoms with E-state index in [2.05, 4.69) is 0 Å². The van der Waals surface area contributed by atoms with Crippen LogP contribution in [0, 0.1) is 0 Å². The summed E-state index contributed by atoms with van der Waals surface area (Å²) in [4.78, 5) is 10.8. The highest BCUT2D eigenvalue weighted by Crippen LogP contribution is 2.20. The van der Waals surface area contributed by atoms with Crippen molar-refractivity contribution in [1.82, 2.24) is 0 Å². The molecule has 0 aliphatic heterocycles. The highest BCUT2D eigenvalue weighted by Gasteiger charge is 2.10. The molecule has 0 aromatic heterocycles. The Hall–Kier alpha value is -1.31. The van der Waals surface area contributed by atoms with Crippen molar-refractivity contribution < 1.29 is 9.53 Å². The Kier molecular flexibility index (Phi) is 7.33. The van der Waals surface area contributed by atoms with E-state index in [0.29, 0.717) is 0 Å². The van der Waals surface area contributed by atoms with Crippen molar-refractivity contribution in [3.05, 3.63) is 35.9 Å². The Labute approximate surface area is 92.3 Å². The zero-order chi connectivity index (χ0) is 11.7. The molecule has 0 bridgehead atoms. The van der Waals surface area contributed by atoms with Gasteiger partial charge in [0, 0.05) is 6.92 Å². The van der Waals surface area contributed by atoms with Gasteiger partial charge in [0.05, 0.1) is 0 Å². The van der Waals surface area contributed by atoms with Gasteiger partial charge < -0.3 is 4.74 Å². The van der Waals surface area contributed by atoms with Crippen molar-refractivity contribution in [3.63, 3.8) is 0 Å². The van der Waals surface area contributed by atoms with E-state index in [1.165, 1.54) is 6.92 Å². The molecular formula is C13H20O2. The molecule has 0 saturated heterocycles. The van der Waals surface area contributed by atoms with E-state index in [-0.39, 0.29) is 12.1 Å². The van der Waals surface area contributed by atoms with Crippen LogP contribution in [0.2, 0.25) is 0 Å². The quantitative estimate of drug-likeness (QED) is 0.707. The molecule has 0 aliphatic rings. The summed E-state index contributed by atoms with van der Waals surface area (Å²) in [7, 11) is 0. The number of carbonyl (C=O) groups is 1. The lowest BCUT2D eigenvalue weighted by Crippen LogP contribution is -2.07. The molecule has 2 nitrogen and oxygen atoms in total. The second-order valence-corrected chi connectivity index (χ2v) is 2.92. The van der Waals surface area contributed by atoms with Gasteiger partial charge in [0.25, 0.3) is 0 Å². The summed E-state index contributed by atoms with van der Waals surface area (Å²) in [5, 5.41) is 0. The van der Waals surface area contributed by atoms with Crippen molar-refractivity contribution in [1.29, 1.82) is 0 Å². The average molecular weight is 208 g/mol. The topological polar surface area (TPSA) is 26.3 Å². The van der Waals surface area contributed by atoms with Crippen LogP contribution in [-0.2, 0) is 9.53 Å². The molecule has 2 heteroatoms. The van der Waals surface area contributed by atoms with E-state index >= 15 is 0 Å². The van der Waals surface area contributed by atoms with Gasteiger partial charge in [-0.15, -0.1) is 0 Å². The SMILES string of the molecule is CC.CC[C@H](OC(C)=O)c1ccccc1. The summed E-state index contributed by atoms with van der Waals surface area (Å²) < 4.78 is 5.15. The van der Waals surface area contributed by atoms with Crippen molar-refractivity contribution >= 4 is 5.97 Å². The maximum Gasteiger partial charge on any atom is 0.303 e. The van der Waals surface area contributed by atoms with Crippen molar-refractivity contribution in [3.8, 4) is 0 Å². The zero-order valence-corrected chi connectivity index (χ0v) is 9.99. The normalized spacial score (nSPS) is 10.9. The maximum absolute atomic E-state index is 10.8. The number of hydrogen-bond acceptors (Lipinski definition) is 2. The van der Waals surface area contributed by atoms with Gasteiger partial charge in [-0.05, 0) is 12.0 Å². The van der Waals surface area contributed by atoms with E-state index in [1.54, 1.807) is 0 Å². The smallest absolute Gasteiger partial charge is 0.303 e. The predicted octanol–water partition coefficient (Wildman–Crippen LogP) is 3.73. The third-order valence-electron chi connectivity index (χ3n) is 1.85. The van der Waals surface area contributed by atoms with Crippen LogP contribution in [0.5, 0.6) is 0 Å². The zero-order valence-electron chi connectivity index (χ0n) is 9.99. The first-order chi connectivity index (χ1) is 7.24. The standard InChI is InChI=1S/C11H14O2.C2H6/c1-3-11(13-9(2)12)10-7-5-4-6-8-10;1-2/h4-8,11H,3H2,1-2H3;1-2H3/t11-;/m0./s1. The van der Waals surface area contributed by atoms with Crippen LogP contribution in [0.4, 0.5) is 0 Å². The molecule has 0 radical (unpaired) electrons. The summed E-state index contributed by atoms with van der Waals surface area (Å²) in [5.41, 5.74) is 1.06. The largest absolute Gasteiger partial charge is 0.458 e. The van der Waals surface area contributed by atoms with E-state index in [1.807, 2.05) is 51.1 Å². The lowest BCUT2D eigenvalue weighted by molar-refractivity contribution is -0.146. The van der Waals surface area contributed by atoms with Crippen molar-refractivity contribution in [2.45, 2.75) is 40.2 Å². The fraction of sp³-hybridized carbons (Fsp3) is 0.462. The fourth-order valence-electron chi connectivity index (χ4n) is 1.26. The Balaban J connectivity index is 0.000000921. The van der Waals surface area contributed by atoms with Crippen molar-refractivity contribution in [2.24, 2.45) is 0 Å². The Morgan fingerprint density at radius 3 is 2.20 bits per heavy atom. The van der Waals surface area contributed by atoms with Crippen LogP contribution in [-0.4, -0.2) is 5.97 Å². The molecule has 0 fully saturated rings. The molecular weight excluding hydrogens is 188 g/mol. The van der Waals surface area contributed by atoms with Crippen LogP contribution in [0.25, 0.3) is 0 Å². The van der Waals surface area contributed by atoms with Gasteiger partial charge in [0.1, 0.15) is 6.10 Å². The van der Waals surface area contributed by atoms with Gasteiger partial charge in [-0.2, -0.15) is 0 Å². The molecule has 0 saturated carbocycles. The van der Waals surface area contributed by atoms with Crippen LogP contribution in [0.15, 0.2) is 30.3 Å². The minimum absolute atomic E-state index is 0.0984. The molecule has 0 heterocycles. The molecule has 1 atom stereocenters. The van der Waals surface area contributed by atoms with Gasteiger partial charge in [-0.3, -0.25) is 4.79 Å². The minimum atomic E-state index is -0.226. The molecule has 15 heavy (non-hydrogen) atoms. The first-order valence-electron chi connectivity index (χ1n) is 5.46. The third-order valence-corrected chi connectivity index (χ3v) is 1.85. The van der Waals surface area contributed by atoms with Gasteiger partial charge in [0.15, 0.2) is 0 Å². The number of esters is 1. The summed E-state index contributed by atoms with van der Waals surface area (Å²) in [6.45, 7) is 7.44. The Morgan fingerprint density at radius 2 is 1.80 bits per heavy atom. The molecule has 0 N–H and O–H groups in total. The molecule has 84 valence electrons. The molecule has 1 aromatic carbocycles. The van der Waals surface area contributed by atoms with Gasteiger partial charge in [0.2, 0.25) is 0 Å². The summed E-state index contributed by atoms with van der Waals surface area (Å²) in [6.07, 6.45) is 0.711. The van der Waals surface area contributed by atoms with Gasteiger partial charge in [-0.25, -0.2) is 0 Å². The van der Waals surface area contributed by atoms with E-state index in [4.69, 9.17) is 4.74 Å². The van der Waals surface area contributed by atoms with Crippen LogP contribution in [0.3, 0.4) is 0 Å². The summed E-state index contributed by atoms with van der Waals surface area (Å²) in [5.74, 6) is -0.226. The number of benzene rings is 1. The first-order valence-corrected chi connectivity index (χ1v) is 5.46. The Bertz CT molecular complexity index is 267. The molecule has 1 aromatic rings. The van der Waals surface area contributed by atoms with Crippen LogP contribution < -0.4 is 0 Å². The highest BCUT2D eigenvalue weighted by molar-refractivity contribution is 5.66.